The van der Waals surface area contributed by atoms with E-state index in [1.54, 1.807) is 17.3 Å². The van der Waals surface area contributed by atoms with Crippen molar-refractivity contribution in [2.24, 2.45) is 7.05 Å². The second kappa shape index (κ2) is 6.29. The number of hydrogen-bond donors (Lipinski definition) is 1. The number of hydrogen-bond acceptors (Lipinski definition) is 5. The molecule has 0 saturated carbocycles. The molecule has 0 bridgehead atoms. The zero-order valence-electron chi connectivity index (χ0n) is 14.1. The first-order chi connectivity index (χ1) is 12.1. The molecule has 25 heavy (non-hydrogen) atoms. The van der Waals surface area contributed by atoms with Gasteiger partial charge < -0.3 is 10.2 Å². The Morgan fingerprint density at radius 1 is 1.24 bits per heavy atom. The molecular formula is C17H20N6O2. The maximum absolute atomic E-state index is 11.9. The number of nitrogens with one attached hydrogen (secondary N) is 1. The highest BCUT2D eigenvalue weighted by Crippen LogP contribution is 2.24. The van der Waals surface area contributed by atoms with E-state index in [9.17, 15) is 9.59 Å². The van der Waals surface area contributed by atoms with E-state index in [2.05, 4.69) is 20.3 Å². The Balaban J connectivity index is 1.51. The Morgan fingerprint density at radius 2 is 2.04 bits per heavy atom. The number of piperazine rings is 2. The van der Waals surface area contributed by atoms with Crippen molar-refractivity contribution in [2.45, 2.75) is 12.6 Å². The summed E-state index contributed by atoms with van der Waals surface area (Å²) in [5.41, 5.74) is 3.15. The Kier molecular flexibility index (Phi) is 3.96. The van der Waals surface area contributed by atoms with Gasteiger partial charge in [-0.05, 0) is 12.1 Å². The fourth-order valence-electron chi connectivity index (χ4n) is 3.57. The van der Waals surface area contributed by atoms with Gasteiger partial charge in [-0.3, -0.25) is 24.2 Å². The van der Waals surface area contributed by atoms with E-state index in [1.807, 2.05) is 30.1 Å². The first-order valence-electron chi connectivity index (χ1n) is 8.36. The average Bonchev–Trinajstić information content (AvgIpc) is 2.99. The zero-order chi connectivity index (χ0) is 17.4. The molecule has 4 rings (SSSR count). The van der Waals surface area contributed by atoms with Crippen molar-refractivity contribution in [1.29, 1.82) is 0 Å². The van der Waals surface area contributed by atoms with Gasteiger partial charge >= 0.3 is 11.8 Å². The van der Waals surface area contributed by atoms with E-state index in [0.717, 1.165) is 36.5 Å². The van der Waals surface area contributed by atoms with E-state index in [-0.39, 0.29) is 6.04 Å². The van der Waals surface area contributed by atoms with Gasteiger partial charge in [-0.1, -0.05) is 0 Å². The Hall–Kier alpha value is -2.74. The highest BCUT2D eigenvalue weighted by molar-refractivity contribution is 6.35. The van der Waals surface area contributed by atoms with Gasteiger partial charge in [0, 0.05) is 69.5 Å². The zero-order valence-corrected chi connectivity index (χ0v) is 14.1. The lowest BCUT2D eigenvalue weighted by Gasteiger charge is -2.43. The fourth-order valence-corrected chi connectivity index (χ4v) is 3.57. The summed E-state index contributed by atoms with van der Waals surface area (Å²) in [6, 6.07) is 3.96. The molecule has 4 heterocycles. The molecule has 2 aliphatic rings. The van der Waals surface area contributed by atoms with Crippen LogP contribution in [0.2, 0.25) is 0 Å². The van der Waals surface area contributed by atoms with Crippen molar-refractivity contribution in [3.8, 4) is 11.3 Å². The van der Waals surface area contributed by atoms with Crippen molar-refractivity contribution in [3.05, 3.63) is 36.3 Å². The van der Waals surface area contributed by atoms with Crippen LogP contribution < -0.4 is 5.32 Å². The molecule has 0 radical (unpaired) electrons. The van der Waals surface area contributed by atoms with Crippen molar-refractivity contribution in [1.82, 2.24) is 29.9 Å². The normalized spacial score (nSPS) is 21.2. The van der Waals surface area contributed by atoms with E-state index < -0.39 is 11.8 Å². The molecule has 0 aliphatic carbocycles. The third kappa shape index (κ3) is 3.00. The summed E-state index contributed by atoms with van der Waals surface area (Å²) >= 11 is 0. The van der Waals surface area contributed by atoms with Crippen LogP contribution in [0, 0.1) is 0 Å². The van der Waals surface area contributed by atoms with Gasteiger partial charge in [-0.2, -0.15) is 5.10 Å². The minimum absolute atomic E-state index is 0.0417. The molecule has 2 aromatic heterocycles. The molecule has 1 N–H and O–H groups in total. The van der Waals surface area contributed by atoms with Crippen LogP contribution in [0.1, 0.15) is 5.56 Å². The smallest absolute Gasteiger partial charge is 0.312 e. The van der Waals surface area contributed by atoms with Crippen molar-refractivity contribution < 1.29 is 9.59 Å². The van der Waals surface area contributed by atoms with Crippen LogP contribution in [0.15, 0.2) is 30.7 Å². The van der Waals surface area contributed by atoms with Crippen LogP contribution in [0.5, 0.6) is 0 Å². The lowest BCUT2D eigenvalue weighted by Crippen LogP contribution is -2.65. The van der Waals surface area contributed by atoms with Crippen molar-refractivity contribution >= 4 is 11.8 Å². The minimum atomic E-state index is -0.489. The molecule has 1 atom stereocenters. The highest BCUT2D eigenvalue weighted by Gasteiger charge is 2.37. The number of rotatable bonds is 3. The molecule has 1 unspecified atom stereocenters. The van der Waals surface area contributed by atoms with Crippen LogP contribution >= 0.6 is 0 Å². The third-order valence-corrected chi connectivity index (χ3v) is 4.77. The minimum Gasteiger partial charge on any atom is -0.346 e. The number of aryl methyl sites for hydroxylation is 1. The number of carbonyl (C=O) groups is 2. The predicted octanol–water partition coefficient (Wildman–Crippen LogP) is -0.375. The third-order valence-electron chi connectivity index (χ3n) is 4.77. The van der Waals surface area contributed by atoms with E-state index in [4.69, 9.17) is 0 Å². The summed E-state index contributed by atoms with van der Waals surface area (Å²) in [6.45, 7) is 3.36. The van der Waals surface area contributed by atoms with Crippen molar-refractivity contribution in [3.63, 3.8) is 0 Å². The van der Waals surface area contributed by atoms with Gasteiger partial charge in [-0.15, -0.1) is 0 Å². The molecule has 8 nitrogen and oxygen atoms in total. The molecule has 2 amide bonds. The second-order valence-electron chi connectivity index (χ2n) is 6.51. The van der Waals surface area contributed by atoms with Gasteiger partial charge in [-0.25, -0.2) is 0 Å². The largest absolute Gasteiger partial charge is 0.346 e. The molecule has 2 saturated heterocycles. The molecule has 130 valence electrons. The summed E-state index contributed by atoms with van der Waals surface area (Å²) in [6.07, 6.45) is 5.57. The number of carbonyl (C=O) groups excluding carboxylic acids is 2. The SMILES string of the molecule is Cn1cc(CN2CCN3C(=O)C(=O)NCC3C2)c(-c2ccncc2)n1. The average molecular weight is 340 g/mol. The van der Waals surface area contributed by atoms with Gasteiger partial charge in [0.05, 0.1) is 11.7 Å². The molecule has 2 aromatic rings. The molecule has 8 heteroatoms. The van der Waals surface area contributed by atoms with Gasteiger partial charge in [0.1, 0.15) is 0 Å². The first kappa shape index (κ1) is 15.8. The van der Waals surface area contributed by atoms with E-state index >= 15 is 0 Å². The Morgan fingerprint density at radius 3 is 2.84 bits per heavy atom. The first-order valence-corrected chi connectivity index (χ1v) is 8.36. The number of aromatic nitrogens is 3. The number of nitrogens with zero attached hydrogens (tertiary/aromatic N) is 5. The van der Waals surface area contributed by atoms with Crippen LogP contribution in [-0.4, -0.2) is 68.6 Å². The summed E-state index contributed by atoms with van der Waals surface area (Å²) in [5.74, 6) is -0.897. The fraction of sp³-hybridized carbons (Fsp3) is 0.412. The summed E-state index contributed by atoms with van der Waals surface area (Å²) in [7, 11) is 1.92. The van der Waals surface area contributed by atoms with Crippen LogP contribution in [0.25, 0.3) is 11.3 Å². The van der Waals surface area contributed by atoms with Crippen LogP contribution in [0.3, 0.4) is 0 Å². The van der Waals surface area contributed by atoms with Gasteiger partial charge in [0.25, 0.3) is 0 Å². The highest BCUT2D eigenvalue weighted by atomic mass is 16.2. The Bertz CT molecular complexity index is 803. The molecular weight excluding hydrogens is 320 g/mol. The maximum Gasteiger partial charge on any atom is 0.312 e. The van der Waals surface area contributed by atoms with Crippen LogP contribution in [0.4, 0.5) is 0 Å². The molecule has 2 aliphatic heterocycles. The van der Waals surface area contributed by atoms with Crippen molar-refractivity contribution in [2.75, 3.05) is 26.2 Å². The maximum atomic E-state index is 11.9. The van der Waals surface area contributed by atoms with E-state index in [1.165, 1.54) is 0 Å². The number of pyridine rings is 1. The standard InChI is InChI=1S/C17H20N6O2/c1-21-9-13(15(20-21)12-2-4-18-5-3-12)10-22-6-7-23-14(11-22)8-19-16(24)17(23)25/h2-5,9,14H,6-8,10-11H2,1H3,(H,19,24). The molecule has 0 aromatic carbocycles. The van der Waals surface area contributed by atoms with Crippen LogP contribution in [-0.2, 0) is 23.2 Å². The summed E-state index contributed by atoms with van der Waals surface area (Å²) in [4.78, 5) is 31.5. The molecule has 2 fully saturated rings. The monoisotopic (exact) mass is 340 g/mol. The lowest BCUT2D eigenvalue weighted by atomic mass is 10.1. The Labute approximate surface area is 145 Å². The molecule has 0 spiro atoms. The lowest BCUT2D eigenvalue weighted by molar-refractivity contribution is -0.152. The predicted molar refractivity (Wildman–Crippen MR) is 90.2 cm³/mol. The topological polar surface area (TPSA) is 83.4 Å². The van der Waals surface area contributed by atoms with Gasteiger partial charge in [0.15, 0.2) is 0 Å². The summed E-state index contributed by atoms with van der Waals surface area (Å²) in [5, 5.41) is 7.27. The second-order valence-corrected chi connectivity index (χ2v) is 6.51. The van der Waals surface area contributed by atoms with E-state index in [0.29, 0.717) is 13.1 Å². The number of fused-ring (bicyclic) bond motifs is 1. The summed E-state index contributed by atoms with van der Waals surface area (Å²) < 4.78 is 1.83. The number of amides is 2. The van der Waals surface area contributed by atoms with Gasteiger partial charge in [0.2, 0.25) is 0 Å². The quantitative estimate of drug-likeness (QED) is 0.771.